The van der Waals surface area contributed by atoms with Gasteiger partial charge in [-0.25, -0.2) is 4.98 Å². The molecule has 0 bridgehead atoms. The Bertz CT molecular complexity index is 846. The van der Waals surface area contributed by atoms with Crippen molar-refractivity contribution in [1.82, 2.24) is 25.0 Å². The normalized spacial score (nSPS) is 17.5. The number of hydrogen-bond donors (Lipinski definition) is 0. The lowest BCUT2D eigenvalue weighted by atomic mass is 10.2. The van der Waals surface area contributed by atoms with E-state index in [-0.39, 0.29) is 6.04 Å². The zero-order valence-corrected chi connectivity index (χ0v) is 15.0. The van der Waals surface area contributed by atoms with Crippen LogP contribution < -0.4 is 4.90 Å². The minimum Gasteiger partial charge on any atom is -0.363 e. The molecule has 0 aliphatic carbocycles. The third kappa shape index (κ3) is 3.43. The van der Waals surface area contributed by atoms with Crippen molar-refractivity contribution >= 4 is 5.82 Å². The number of rotatable bonds is 5. The highest BCUT2D eigenvalue weighted by Crippen LogP contribution is 2.33. The van der Waals surface area contributed by atoms with Crippen LogP contribution in [0.4, 0.5) is 5.82 Å². The maximum Gasteiger partial charge on any atom is 0.244 e. The first kappa shape index (κ1) is 16.7. The number of aromatic nitrogens is 4. The van der Waals surface area contributed by atoms with Crippen LogP contribution in [-0.4, -0.2) is 45.6 Å². The predicted molar refractivity (Wildman–Crippen MR) is 98.5 cm³/mol. The molecule has 1 atom stereocenters. The summed E-state index contributed by atoms with van der Waals surface area (Å²) < 4.78 is 5.59. The van der Waals surface area contributed by atoms with Gasteiger partial charge in [-0.1, -0.05) is 11.2 Å². The maximum atomic E-state index is 5.59. The fourth-order valence-electron chi connectivity index (χ4n) is 3.29. The van der Waals surface area contributed by atoms with Crippen molar-refractivity contribution < 1.29 is 4.52 Å². The Morgan fingerprint density at radius 3 is 2.88 bits per heavy atom. The van der Waals surface area contributed by atoms with Gasteiger partial charge in [0.2, 0.25) is 11.7 Å². The number of pyridine rings is 2. The lowest BCUT2D eigenvalue weighted by molar-refractivity contribution is 0.201. The molecular weight excluding hydrogens is 328 g/mol. The third-order valence-corrected chi connectivity index (χ3v) is 4.66. The van der Waals surface area contributed by atoms with Crippen LogP contribution in [-0.2, 0) is 6.54 Å². The summed E-state index contributed by atoms with van der Waals surface area (Å²) in [7, 11) is 3.93. The van der Waals surface area contributed by atoms with E-state index in [0.717, 1.165) is 37.3 Å². The van der Waals surface area contributed by atoms with E-state index in [9.17, 15) is 0 Å². The van der Waals surface area contributed by atoms with Crippen molar-refractivity contribution in [3.63, 3.8) is 0 Å². The van der Waals surface area contributed by atoms with Gasteiger partial charge >= 0.3 is 0 Å². The van der Waals surface area contributed by atoms with Crippen LogP contribution in [0.25, 0.3) is 11.4 Å². The second-order valence-corrected chi connectivity index (χ2v) is 6.75. The van der Waals surface area contributed by atoms with Gasteiger partial charge in [-0.05, 0) is 43.1 Å². The van der Waals surface area contributed by atoms with E-state index >= 15 is 0 Å². The molecule has 0 unspecified atom stereocenters. The van der Waals surface area contributed by atoms with Crippen LogP contribution in [0.15, 0.2) is 47.4 Å². The molecule has 0 N–H and O–H groups in total. The van der Waals surface area contributed by atoms with Crippen LogP contribution >= 0.6 is 0 Å². The molecule has 0 aromatic carbocycles. The first-order valence-corrected chi connectivity index (χ1v) is 8.81. The Balaban J connectivity index is 1.51. The molecule has 1 fully saturated rings. The van der Waals surface area contributed by atoms with Crippen molar-refractivity contribution in [3.8, 4) is 11.4 Å². The second-order valence-electron chi connectivity index (χ2n) is 6.75. The molecule has 0 saturated carbocycles. The van der Waals surface area contributed by atoms with Crippen LogP contribution in [0.3, 0.4) is 0 Å². The monoisotopic (exact) mass is 350 g/mol. The zero-order valence-electron chi connectivity index (χ0n) is 15.0. The molecule has 0 radical (unpaired) electrons. The molecule has 4 heterocycles. The quantitative estimate of drug-likeness (QED) is 0.700. The molecule has 3 aromatic rings. The van der Waals surface area contributed by atoms with Gasteiger partial charge in [-0.2, -0.15) is 4.98 Å². The summed E-state index contributed by atoms with van der Waals surface area (Å²) in [5.74, 6) is 2.17. The summed E-state index contributed by atoms with van der Waals surface area (Å²) >= 11 is 0. The highest BCUT2D eigenvalue weighted by molar-refractivity contribution is 5.55. The Kier molecular flexibility index (Phi) is 4.62. The molecule has 26 heavy (non-hydrogen) atoms. The van der Waals surface area contributed by atoms with Gasteiger partial charge in [0.1, 0.15) is 5.82 Å². The molecule has 7 heteroatoms. The molecule has 0 spiro atoms. The topological polar surface area (TPSA) is 71.2 Å². The molecule has 0 amide bonds. The molecule has 4 rings (SSSR count). The smallest absolute Gasteiger partial charge is 0.244 e. The molecule has 1 aliphatic rings. The van der Waals surface area contributed by atoms with Gasteiger partial charge in [0.15, 0.2) is 0 Å². The Morgan fingerprint density at radius 1 is 1.23 bits per heavy atom. The lowest BCUT2D eigenvalue weighted by Crippen LogP contribution is -2.23. The highest BCUT2D eigenvalue weighted by Gasteiger charge is 2.30. The number of likely N-dealkylation sites (tertiary alicyclic amines) is 1. The van der Waals surface area contributed by atoms with Gasteiger partial charge in [0, 0.05) is 44.8 Å². The van der Waals surface area contributed by atoms with Crippen LogP contribution in [0.2, 0.25) is 0 Å². The van der Waals surface area contributed by atoms with Gasteiger partial charge in [0.05, 0.1) is 6.04 Å². The Labute approximate surface area is 152 Å². The van der Waals surface area contributed by atoms with E-state index in [0.29, 0.717) is 11.7 Å². The van der Waals surface area contributed by atoms with E-state index in [1.54, 1.807) is 12.4 Å². The van der Waals surface area contributed by atoms with E-state index in [4.69, 9.17) is 4.52 Å². The van der Waals surface area contributed by atoms with Crippen molar-refractivity contribution in [2.24, 2.45) is 0 Å². The van der Waals surface area contributed by atoms with E-state index in [2.05, 4.69) is 31.1 Å². The maximum absolute atomic E-state index is 5.59. The van der Waals surface area contributed by atoms with Crippen LogP contribution in [0, 0.1) is 0 Å². The average Bonchev–Trinajstić information content (AvgIpc) is 3.32. The molecular formula is C19H22N6O. The van der Waals surface area contributed by atoms with E-state index in [1.165, 1.54) is 5.56 Å². The standard InChI is InChI=1S/C19H22N6O/c1-24(2)17-8-7-15(12-21-17)18-22-19(26-23-18)16-6-4-10-25(16)13-14-5-3-9-20-11-14/h3,5,7-9,11-12,16H,4,6,10,13H2,1-2H3/t16-/m0/s1. The highest BCUT2D eigenvalue weighted by atomic mass is 16.5. The van der Waals surface area contributed by atoms with Crippen LogP contribution in [0.1, 0.15) is 30.3 Å². The molecule has 1 saturated heterocycles. The lowest BCUT2D eigenvalue weighted by Gasteiger charge is -2.21. The van der Waals surface area contributed by atoms with Crippen molar-refractivity contribution in [3.05, 3.63) is 54.3 Å². The summed E-state index contributed by atoms with van der Waals surface area (Å²) in [6, 6.07) is 8.15. The van der Waals surface area contributed by atoms with E-state index < -0.39 is 0 Å². The van der Waals surface area contributed by atoms with Gasteiger partial charge in [-0.15, -0.1) is 0 Å². The average molecular weight is 350 g/mol. The van der Waals surface area contributed by atoms with Crippen molar-refractivity contribution in [1.29, 1.82) is 0 Å². The third-order valence-electron chi connectivity index (χ3n) is 4.66. The number of anilines is 1. The molecule has 1 aliphatic heterocycles. The van der Waals surface area contributed by atoms with Gasteiger partial charge in [0.25, 0.3) is 0 Å². The first-order valence-electron chi connectivity index (χ1n) is 8.81. The minimum absolute atomic E-state index is 0.158. The molecule has 7 nitrogen and oxygen atoms in total. The Morgan fingerprint density at radius 2 is 2.15 bits per heavy atom. The summed E-state index contributed by atoms with van der Waals surface area (Å²) in [5, 5.41) is 4.17. The summed E-state index contributed by atoms with van der Waals surface area (Å²) in [5.41, 5.74) is 2.06. The fraction of sp³-hybridized carbons (Fsp3) is 0.368. The fourth-order valence-corrected chi connectivity index (χ4v) is 3.29. The Hall–Kier alpha value is -2.80. The number of nitrogens with zero attached hydrogens (tertiary/aromatic N) is 6. The first-order chi connectivity index (χ1) is 12.7. The second kappa shape index (κ2) is 7.21. The van der Waals surface area contributed by atoms with E-state index in [1.807, 2.05) is 43.4 Å². The summed E-state index contributed by atoms with van der Waals surface area (Å²) in [4.78, 5) is 17.6. The minimum atomic E-state index is 0.158. The number of hydrogen-bond acceptors (Lipinski definition) is 7. The van der Waals surface area contributed by atoms with Gasteiger partial charge in [-0.3, -0.25) is 9.88 Å². The summed E-state index contributed by atoms with van der Waals surface area (Å²) in [6.45, 7) is 1.87. The SMILES string of the molecule is CN(C)c1ccc(-c2noc([C@@H]3CCCN3Cc3cccnc3)n2)cn1. The molecule has 3 aromatic heterocycles. The largest absolute Gasteiger partial charge is 0.363 e. The van der Waals surface area contributed by atoms with Crippen molar-refractivity contribution in [2.75, 3.05) is 25.5 Å². The summed E-state index contributed by atoms with van der Waals surface area (Å²) in [6.07, 6.45) is 7.64. The zero-order chi connectivity index (χ0) is 17.9. The van der Waals surface area contributed by atoms with Crippen molar-refractivity contribution in [2.45, 2.75) is 25.4 Å². The molecule has 134 valence electrons. The predicted octanol–water partition coefficient (Wildman–Crippen LogP) is 2.93. The van der Waals surface area contributed by atoms with Crippen LogP contribution in [0.5, 0.6) is 0 Å². The van der Waals surface area contributed by atoms with Gasteiger partial charge < -0.3 is 9.42 Å².